The van der Waals surface area contributed by atoms with Crippen LogP contribution in [0.15, 0.2) is 24.4 Å². The maximum Gasteiger partial charge on any atom is 0.0888 e. The molecule has 1 heterocycles. The molecule has 3 nitrogen and oxygen atoms in total. The number of hydrogen-bond donors (Lipinski definition) is 1. The summed E-state index contributed by atoms with van der Waals surface area (Å²) in [5.74, 6) is 0. The predicted octanol–water partition coefficient (Wildman–Crippen LogP) is 1.21. The monoisotopic (exact) mass is 180 g/mol. The Labute approximate surface area is 79.1 Å². The van der Waals surface area contributed by atoms with Gasteiger partial charge in [-0.25, -0.2) is 0 Å². The van der Waals surface area contributed by atoms with Crippen LogP contribution in [0.4, 0.5) is 0 Å². The van der Waals surface area contributed by atoms with Gasteiger partial charge in [-0.05, 0) is 18.7 Å². The van der Waals surface area contributed by atoms with Crippen molar-refractivity contribution in [3.63, 3.8) is 0 Å². The third kappa shape index (κ3) is 4.60. The molecule has 1 N–H and O–H groups in total. The lowest BCUT2D eigenvalue weighted by molar-refractivity contribution is 0.120. The van der Waals surface area contributed by atoms with Gasteiger partial charge in [0.25, 0.3) is 0 Å². The van der Waals surface area contributed by atoms with Crippen molar-refractivity contribution >= 4 is 0 Å². The Kier molecular flexibility index (Phi) is 5.13. The Bertz CT molecular complexity index is 213. The fourth-order valence-corrected chi connectivity index (χ4v) is 0.981. The smallest absolute Gasteiger partial charge is 0.0888 e. The van der Waals surface area contributed by atoms with Crippen LogP contribution < -0.4 is 5.32 Å². The highest BCUT2D eigenvalue weighted by molar-refractivity contribution is 5.01. The van der Waals surface area contributed by atoms with E-state index in [1.54, 1.807) is 6.20 Å². The summed E-state index contributed by atoms with van der Waals surface area (Å²) in [5, 5.41) is 3.19. The minimum absolute atomic E-state index is 0.603. The number of likely N-dealkylation sites (N-methyl/N-ethyl adjacent to an activating group) is 1. The van der Waals surface area contributed by atoms with E-state index < -0.39 is 0 Å². The molecule has 1 aromatic rings. The van der Waals surface area contributed by atoms with Gasteiger partial charge in [0.15, 0.2) is 0 Å². The minimum Gasteiger partial charge on any atom is -0.374 e. The van der Waals surface area contributed by atoms with E-state index in [0.717, 1.165) is 25.4 Å². The van der Waals surface area contributed by atoms with E-state index >= 15 is 0 Å². The minimum atomic E-state index is 0.603. The average Bonchev–Trinajstić information content (AvgIpc) is 2.19. The third-order valence-electron chi connectivity index (χ3n) is 1.65. The summed E-state index contributed by atoms with van der Waals surface area (Å²) in [5.41, 5.74) is 0.985. The van der Waals surface area contributed by atoms with E-state index in [2.05, 4.69) is 17.2 Å². The molecule has 0 bridgehead atoms. The van der Waals surface area contributed by atoms with Crippen LogP contribution in [-0.4, -0.2) is 24.7 Å². The summed E-state index contributed by atoms with van der Waals surface area (Å²) >= 11 is 0. The first-order valence-electron chi connectivity index (χ1n) is 4.62. The summed E-state index contributed by atoms with van der Waals surface area (Å²) in [4.78, 5) is 4.15. The Morgan fingerprint density at radius 2 is 2.38 bits per heavy atom. The number of rotatable bonds is 6. The number of nitrogens with zero attached hydrogens (tertiary/aromatic N) is 1. The predicted molar refractivity (Wildman–Crippen MR) is 52.4 cm³/mol. The Hall–Kier alpha value is -0.930. The second-order valence-electron chi connectivity index (χ2n) is 2.73. The molecule has 13 heavy (non-hydrogen) atoms. The summed E-state index contributed by atoms with van der Waals surface area (Å²) < 4.78 is 5.40. The molecule has 72 valence electrons. The summed E-state index contributed by atoms with van der Waals surface area (Å²) in [6, 6.07) is 5.84. The van der Waals surface area contributed by atoms with Gasteiger partial charge in [-0.2, -0.15) is 0 Å². The first-order valence-corrected chi connectivity index (χ1v) is 4.62. The second kappa shape index (κ2) is 6.57. The van der Waals surface area contributed by atoms with Crippen molar-refractivity contribution in [2.45, 2.75) is 13.5 Å². The molecule has 0 aliphatic carbocycles. The molecule has 1 aromatic heterocycles. The van der Waals surface area contributed by atoms with Crippen molar-refractivity contribution in [1.82, 2.24) is 10.3 Å². The Morgan fingerprint density at radius 3 is 3.08 bits per heavy atom. The lowest BCUT2D eigenvalue weighted by Gasteiger charge is -2.03. The molecule has 0 fully saturated rings. The normalized spacial score (nSPS) is 10.2. The highest BCUT2D eigenvalue weighted by Crippen LogP contribution is 1.94. The van der Waals surface area contributed by atoms with Crippen molar-refractivity contribution in [2.75, 3.05) is 19.7 Å². The van der Waals surface area contributed by atoms with Gasteiger partial charge < -0.3 is 10.1 Å². The van der Waals surface area contributed by atoms with E-state index in [1.165, 1.54) is 0 Å². The molecule has 0 aliphatic heterocycles. The van der Waals surface area contributed by atoms with E-state index in [0.29, 0.717) is 6.61 Å². The molecule has 0 spiro atoms. The van der Waals surface area contributed by atoms with Crippen LogP contribution in [0.2, 0.25) is 0 Å². The van der Waals surface area contributed by atoms with Gasteiger partial charge in [0.2, 0.25) is 0 Å². The van der Waals surface area contributed by atoms with Gasteiger partial charge in [0, 0.05) is 12.7 Å². The molecule has 3 heteroatoms. The molecule has 0 atom stereocenters. The van der Waals surface area contributed by atoms with E-state index in [-0.39, 0.29) is 0 Å². The summed E-state index contributed by atoms with van der Waals surface area (Å²) in [6.45, 7) is 5.33. The molecule has 1 rings (SSSR count). The molecule has 0 aromatic carbocycles. The lowest BCUT2D eigenvalue weighted by atomic mass is 10.4. The average molecular weight is 180 g/mol. The fraction of sp³-hybridized carbons (Fsp3) is 0.500. The molecule has 0 unspecified atom stereocenters. The van der Waals surface area contributed by atoms with Crippen molar-refractivity contribution in [3.05, 3.63) is 30.1 Å². The lowest BCUT2D eigenvalue weighted by Crippen LogP contribution is -2.18. The summed E-state index contributed by atoms with van der Waals surface area (Å²) in [7, 11) is 0. The largest absolute Gasteiger partial charge is 0.374 e. The number of aromatic nitrogens is 1. The van der Waals surface area contributed by atoms with E-state index in [1.807, 2.05) is 18.2 Å². The van der Waals surface area contributed by atoms with Crippen LogP contribution in [0.25, 0.3) is 0 Å². The Morgan fingerprint density at radius 1 is 1.46 bits per heavy atom. The third-order valence-corrected chi connectivity index (χ3v) is 1.65. The van der Waals surface area contributed by atoms with Crippen molar-refractivity contribution < 1.29 is 4.74 Å². The maximum absolute atomic E-state index is 5.40. The van der Waals surface area contributed by atoms with Gasteiger partial charge >= 0.3 is 0 Å². The van der Waals surface area contributed by atoms with Crippen molar-refractivity contribution in [2.24, 2.45) is 0 Å². The zero-order chi connectivity index (χ0) is 9.36. The molecule has 0 radical (unpaired) electrons. The van der Waals surface area contributed by atoms with Gasteiger partial charge in [0.05, 0.1) is 18.9 Å². The van der Waals surface area contributed by atoms with Crippen LogP contribution in [0.5, 0.6) is 0 Å². The number of ether oxygens (including phenoxy) is 1. The van der Waals surface area contributed by atoms with E-state index in [4.69, 9.17) is 4.74 Å². The number of nitrogens with one attached hydrogen (secondary N) is 1. The van der Waals surface area contributed by atoms with Crippen LogP contribution in [0.3, 0.4) is 0 Å². The molecule has 0 amide bonds. The number of pyridine rings is 1. The van der Waals surface area contributed by atoms with Crippen molar-refractivity contribution in [1.29, 1.82) is 0 Å². The van der Waals surface area contributed by atoms with Crippen molar-refractivity contribution in [3.8, 4) is 0 Å². The van der Waals surface area contributed by atoms with Gasteiger partial charge in [-0.3, -0.25) is 4.98 Å². The SMILES string of the molecule is CCNCCOCc1ccccn1. The zero-order valence-corrected chi connectivity index (χ0v) is 7.99. The first kappa shape index (κ1) is 10.2. The molecular formula is C10H16N2O. The highest BCUT2D eigenvalue weighted by Gasteiger charge is 1.91. The molecule has 0 saturated carbocycles. The molecule has 0 aliphatic rings. The molecular weight excluding hydrogens is 164 g/mol. The van der Waals surface area contributed by atoms with Gasteiger partial charge in [-0.1, -0.05) is 13.0 Å². The second-order valence-corrected chi connectivity index (χ2v) is 2.73. The topological polar surface area (TPSA) is 34.1 Å². The maximum atomic E-state index is 5.40. The van der Waals surface area contributed by atoms with Crippen LogP contribution in [-0.2, 0) is 11.3 Å². The van der Waals surface area contributed by atoms with Gasteiger partial charge in [0.1, 0.15) is 0 Å². The quantitative estimate of drug-likeness (QED) is 0.668. The van der Waals surface area contributed by atoms with E-state index in [9.17, 15) is 0 Å². The standard InChI is InChI=1S/C10H16N2O/c1-2-11-7-8-13-9-10-5-3-4-6-12-10/h3-6,11H,2,7-9H2,1H3. The summed E-state index contributed by atoms with van der Waals surface area (Å²) in [6.07, 6.45) is 1.78. The van der Waals surface area contributed by atoms with Crippen LogP contribution in [0, 0.1) is 0 Å². The van der Waals surface area contributed by atoms with Crippen LogP contribution >= 0.6 is 0 Å². The van der Waals surface area contributed by atoms with Gasteiger partial charge in [-0.15, -0.1) is 0 Å². The molecule has 0 saturated heterocycles. The number of hydrogen-bond acceptors (Lipinski definition) is 3. The zero-order valence-electron chi connectivity index (χ0n) is 7.99. The highest BCUT2D eigenvalue weighted by atomic mass is 16.5. The van der Waals surface area contributed by atoms with Crippen LogP contribution in [0.1, 0.15) is 12.6 Å². The fourth-order valence-electron chi connectivity index (χ4n) is 0.981. The first-order chi connectivity index (χ1) is 6.43. The Balaban J connectivity index is 2.07.